The van der Waals surface area contributed by atoms with E-state index in [2.05, 4.69) is 0 Å². The van der Waals surface area contributed by atoms with Gasteiger partial charge in [0.2, 0.25) is 10.0 Å². The van der Waals surface area contributed by atoms with Gasteiger partial charge in [-0.2, -0.15) is 9.57 Å². The van der Waals surface area contributed by atoms with Crippen LogP contribution in [0.25, 0.3) is 0 Å². The third-order valence-electron chi connectivity index (χ3n) is 5.54. The second kappa shape index (κ2) is 9.65. The van der Waals surface area contributed by atoms with Crippen molar-refractivity contribution in [1.82, 2.24) is 4.31 Å². The lowest BCUT2D eigenvalue weighted by atomic mass is 9.93. The van der Waals surface area contributed by atoms with Gasteiger partial charge >= 0.3 is 0 Å². The minimum Gasteiger partial charge on any atom is -0.396 e. The minimum atomic E-state index is -3.72. The number of halogens is 2. The van der Waals surface area contributed by atoms with Crippen molar-refractivity contribution in [2.24, 2.45) is 0 Å². The van der Waals surface area contributed by atoms with Gasteiger partial charge in [-0.05, 0) is 42.5 Å². The second-order valence-corrected chi connectivity index (χ2v) is 9.58. The first-order valence-electron chi connectivity index (χ1n) is 9.88. The van der Waals surface area contributed by atoms with Crippen molar-refractivity contribution in [3.63, 3.8) is 0 Å². The Morgan fingerprint density at radius 3 is 2.60 bits per heavy atom. The summed E-state index contributed by atoms with van der Waals surface area (Å²) in [6, 6.07) is 12.8. The molecule has 0 radical (unpaired) electrons. The van der Waals surface area contributed by atoms with Gasteiger partial charge in [0, 0.05) is 31.0 Å². The summed E-state index contributed by atoms with van der Waals surface area (Å²) in [6.45, 7) is -0.413. The SMILES string of the molecule is N#CCCC(CO)c1cc(F)c(CN2CCC[C@H](c3ccccc3)S2(=O)=O)cc1F. The zero-order chi connectivity index (χ0) is 21.7. The van der Waals surface area contributed by atoms with Gasteiger partial charge < -0.3 is 5.11 Å². The topological polar surface area (TPSA) is 81.4 Å². The molecule has 160 valence electrons. The first-order chi connectivity index (χ1) is 14.4. The predicted molar refractivity (Wildman–Crippen MR) is 109 cm³/mol. The molecule has 1 heterocycles. The Morgan fingerprint density at radius 2 is 1.93 bits per heavy atom. The average molecular weight is 435 g/mol. The summed E-state index contributed by atoms with van der Waals surface area (Å²) in [5, 5.41) is 17.5. The maximum Gasteiger partial charge on any atom is 0.221 e. The van der Waals surface area contributed by atoms with Crippen molar-refractivity contribution in [3.05, 3.63) is 70.8 Å². The van der Waals surface area contributed by atoms with E-state index in [0.29, 0.717) is 18.4 Å². The summed E-state index contributed by atoms with van der Waals surface area (Å²) >= 11 is 0. The molecule has 0 spiro atoms. The van der Waals surface area contributed by atoms with Crippen LogP contribution in [0.15, 0.2) is 42.5 Å². The van der Waals surface area contributed by atoms with E-state index < -0.39 is 39.4 Å². The smallest absolute Gasteiger partial charge is 0.221 e. The highest BCUT2D eigenvalue weighted by Crippen LogP contribution is 2.36. The lowest BCUT2D eigenvalue weighted by molar-refractivity contribution is 0.257. The fourth-order valence-electron chi connectivity index (χ4n) is 3.90. The van der Waals surface area contributed by atoms with Gasteiger partial charge in [-0.1, -0.05) is 30.3 Å². The number of hydrogen-bond acceptors (Lipinski definition) is 4. The Balaban J connectivity index is 1.85. The van der Waals surface area contributed by atoms with Crippen LogP contribution in [0.2, 0.25) is 0 Å². The van der Waals surface area contributed by atoms with E-state index in [4.69, 9.17) is 5.26 Å². The number of rotatable bonds is 7. The van der Waals surface area contributed by atoms with Crippen LogP contribution in [0.5, 0.6) is 0 Å². The number of sulfonamides is 1. The molecule has 1 N–H and O–H groups in total. The van der Waals surface area contributed by atoms with Gasteiger partial charge in [-0.3, -0.25) is 0 Å². The number of hydrogen-bond donors (Lipinski definition) is 1. The average Bonchev–Trinajstić information content (AvgIpc) is 2.73. The molecule has 2 atom stereocenters. The van der Waals surface area contributed by atoms with Crippen LogP contribution in [-0.4, -0.2) is 31.0 Å². The van der Waals surface area contributed by atoms with Crippen LogP contribution in [0, 0.1) is 23.0 Å². The van der Waals surface area contributed by atoms with Crippen LogP contribution in [0.1, 0.15) is 53.5 Å². The van der Waals surface area contributed by atoms with Crippen molar-refractivity contribution < 1.29 is 22.3 Å². The highest BCUT2D eigenvalue weighted by atomic mass is 32.2. The van der Waals surface area contributed by atoms with Crippen LogP contribution >= 0.6 is 0 Å². The zero-order valence-electron chi connectivity index (χ0n) is 16.5. The summed E-state index contributed by atoms with van der Waals surface area (Å²) in [5.41, 5.74) is 0.635. The summed E-state index contributed by atoms with van der Waals surface area (Å²) < 4.78 is 56.8. The van der Waals surface area contributed by atoms with Crippen LogP contribution < -0.4 is 0 Å². The van der Waals surface area contributed by atoms with Crippen LogP contribution in [0.4, 0.5) is 8.78 Å². The normalized spacial score (nSPS) is 19.9. The van der Waals surface area contributed by atoms with E-state index in [1.807, 2.05) is 12.1 Å². The van der Waals surface area contributed by atoms with Crippen LogP contribution in [0.3, 0.4) is 0 Å². The molecular weight excluding hydrogens is 410 g/mol. The minimum absolute atomic E-state index is 0.00216. The number of aliphatic hydroxyl groups excluding tert-OH is 1. The van der Waals surface area contributed by atoms with Crippen molar-refractivity contribution in [1.29, 1.82) is 5.26 Å². The molecule has 1 aliphatic heterocycles. The molecule has 0 bridgehead atoms. The van der Waals surface area contributed by atoms with Crippen molar-refractivity contribution in [3.8, 4) is 6.07 Å². The van der Waals surface area contributed by atoms with Gasteiger partial charge in [0.1, 0.15) is 16.9 Å². The van der Waals surface area contributed by atoms with E-state index in [-0.39, 0.29) is 37.1 Å². The second-order valence-electron chi connectivity index (χ2n) is 7.46. The standard InChI is InChI=1S/C22H24F2N2O3S/c23-20-13-19(17(15-27)8-4-10-25)21(24)12-18(20)14-26-11-5-9-22(30(26,28)29)16-6-2-1-3-7-16/h1-3,6-7,12-13,17,22,27H,4-5,8-9,11,14-15H2/t17?,22-/m1/s1. The van der Waals surface area contributed by atoms with Crippen molar-refractivity contribution in [2.45, 2.75) is 43.4 Å². The van der Waals surface area contributed by atoms with Gasteiger partial charge in [0.15, 0.2) is 0 Å². The summed E-state index contributed by atoms with van der Waals surface area (Å²) in [6.07, 6.45) is 1.43. The Hall–Kier alpha value is -2.34. The molecule has 3 rings (SSSR count). The summed E-state index contributed by atoms with van der Waals surface area (Å²) in [5.74, 6) is -2.12. The van der Waals surface area contributed by atoms with E-state index in [1.165, 1.54) is 4.31 Å². The first-order valence-corrected chi connectivity index (χ1v) is 11.4. The lowest BCUT2D eigenvalue weighted by Crippen LogP contribution is -2.39. The highest BCUT2D eigenvalue weighted by molar-refractivity contribution is 7.89. The maximum atomic E-state index is 14.7. The maximum absolute atomic E-state index is 14.7. The molecule has 0 amide bonds. The summed E-state index contributed by atoms with van der Waals surface area (Å²) in [7, 11) is -3.72. The Bertz CT molecular complexity index is 1020. The van der Waals surface area contributed by atoms with E-state index in [9.17, 15) is 22.3 Å². The zero-order valence-corrected chi connectivity index (χ0v) is 17.3. The van der Waals surface area contributed by atoms with Gasteiger partial charge in [-0.25, -0.2) is 17.2 Å². The van der Waals surface area contributed by atoms with Gasteiger partial charge in [-0.15, -0.1) is 0 Å². The third kappa shape index (κ3) is 4.69. The summed E-state index contributed by atoms with van der Waals surface area (Å²) in [4.78, 5) is 0. The number of aliphatic hydroxyl groups is 1. The number of benzene rings is 2. The van der Waals surface area contributed by atoms with E-state index in [1.54, 1.807) is 24.3 Å². The number of nitriles is 1. The largest absolute Gasteiger partial charge is 0.396 e. The Labute approximate surface area is 175 Å². The first kappa shape index (κ1) is 22.3. The molecule has 1 fully saturated rings. The number of nitrogens with zero attached hydrogens (tertiary/aromatic N) is 2. The molecule has 2 aromatic carbocycles. The molecule has 8 heteroatoms. The van der Waals surface area contributed by atoms with Gasteiger partial charge in [0.25, 0.3) is 0 Å². The Kier molecular flexibility index (Phi) is 7.19. The molecule has 1 unspecified atom stereocenters. The molecule has 1 saturated heterocycles. The molecule has 0 aromatic heterocycles. The third-order valence-corrected chi connectivity index (χ3v) is 7.80. The Morgan fingerprint density at radius 1 is 1.20 bits per heavy atom. The molecular formula is C22H24F2N2O3S. The van der Waals surface area contributed by atoms with E-state index in [0.717, 1.165) is 12.1 Å². The van der Waals surface area contributed by atoms with E-state index >= 15 is 0 Å². The van der Waals surface area contributed by atoms with Gasteiger partial charge in [0.05, 0.1) is 12.7 Å². The highest BCUT2D eigenvalue weighted by Gasteiger charge is 2.37. The lowest BCUT2D eigenvalue weighted by Gasteiger charge is -2.32. The molecule has 0 saturated carbocycles. The molecule has 2 aromatic rings. The molecule has 1 aliphatic rings. The molecule has 5 nitrogen and oxygen atoms in total. The fourth-order valence-corrected chi connectivity index (χ4v) is 5.92. The monoisotopic (exact) mass is 434 g/mol. The predicted octanol–water partition coefficient (Wildman–Crippen LogP) is 4.01. The molecule has 30 heavy (non-hydrogen) atoms. The van der Waals surface area contributed by atoms with Crippen molar-refractivity contribution >= 4 is 10.0 Å². The van der Waals surface area contributed by atoms with Crippen LogP contribution in [-0.2, 0) is 16.6 Å². The molecule has 0 aliphatic carbocycles. The van der Waals surface area contributed by atoms with Crippen molar-refractivity contribution in [2.75, 3.05) is 13.2 Å². The quantitative estimate of drug-likeness (QED) is 0.714. The fraction of sp³-hybridized carbons (Fsp3) is 0.409.